The molecule has 25 heavy (non-hydrogen) atoms. The molecular formula is C20H25NO3S. The molecule has 1 aromatic heterocycles. The maximum Gasteiger partial charge on any atom is 0.260 e. The standard InChI is InChI=1S/C20H25NO3S/c1-4-9-21(12-15-8-10-25-14-15)18(22)13-23-17-7-5-6-16-11-20(2,3)24-19(16)17/h5-8,10,14H,4,9,11-13H2,1-3H3. The van der Waals surface area contributed by atoms with Gasteiger partial charge in [0.15, 0.2) is 18.1 Å². The Morgan fingerprint density at radius 1 is 1.36 bits per heavy atom. The van der Waals surface area contributed by atoms with E-state index in [1.54, 1.807) is 11.3 Å². The first-order valence-corrected chi connectivity index (χ1v) is 9.65. The Balaban J connectivity index is 1.65. The fraction of sp³-hybridized carbons (Fsp3) is 0.450. The lowest BCUT2D eigenvalue weighted by Crippen LogP contribution is -2.35. The van der Waals surface area contributed by atoms with Crippen molar-refractivity contribution in [1.82, 2.24) is 4.90 Å². The van der Waals surface area contributed by atoms with Crippen LogP contribution in [0.5, 0.6) is 11.5 Å². The van der Waals surface area contributed by atoms with Crippen molar-refractivity contribution in [3.63, 3.8) is 0 Å². The Labute approximate surface area is 153 Å². The van der Waals surface area contributed by atoms with Gasteiger partial charge in [0.25, 0.3) is 5.91 Å². The molecule has 0 fully saturated rings. The van der Waals surface area contributed by atoms with E-state index in [0.717, 1.165) is 36.3 Å². The topological polar surface area (TPSA) is 38.8 Å². The number of hydrogen-bond acceptors (Lipinski definition) is 4. The van der Waals surface area contributed by atoms with Crippen LogP contribution in [0.1, 0.15) is 38.3 Å². The second-order valence-electron chi connectivity index (χ2n) is 7.02. The molecule has 0 radical (unpaired) electrons. The second kappa shape index (κ2) is 7.48. The minimum absolute atomic E-state index is 0.00269. The third-order valence-corrected chi connectivity index (χ3v) is 4.94. The van der Waals surface area contributed by atoms with Gasteiger partial charge in [0, 0.05) is 25.1 Å². The van der Waals surface area contributed by atoms with Gasteiger partial charge in [-0.05, 0) is 48.7 Å². The van der Waals surface area contributed by atoms with Crippen molar-refractivity contribution in [1.29, 1.82) is 0 Å². The van der Waals surface area contributed by atoms with E-state index in [1.807, 2.05) is 22.4 Å². The molecule has 2 aromatic rings. The van der Waals surface area contributed by atoms with Crippen LogP contribution in [0.15, 0.2) is 35.0 Å². The Hall–Kier alpha value is -2.01. The van der Waals surface area contributed by atoms with E-state index < -0.39 is 0 Å². The zero-order valence-electron chi connectivity index (χ0n) is 15.1. The van der Waals surface area contributed by atoms with Crippen LogP contribution >= 0.6 is 11.3 Å². The van der Waals surface area contributed by atoms with Crippen molar-refractivity contribution < 1.29 is 14.3 Å². The molecule has 0 saturated carbocycles. The van der Waals surface area contributed by atoms with Crippen molar-refractivity contribution in [3.05, 3.63) is 46.2 Å². The van der Waals surface area contributed by atoms with Crippen molar-refractivity contribution in [2.24, 2.45) is 0 Å². The number of rotatable bonds is 7. The third kappa shape index (κ3) is 4.34. The summed E-state index contributed by atoms with van der Waals surface area (Å²) in [6.07, 6.45) is 1.78. The largest absolute Gasteiger partial charge is 0.483 e. The fourth-order valence-electron chi connectivity index (χ4n) is 3.10. The quantitative estimate of drug-likeness (QED) is 0.741. The summed E-state index contributed by atoms with van der Waals surface area (Å²) < 4.78 is 11.8. The average Bonchev–Trinajstić information content (AvgIpc) is 3.17. The molecule has 0 saturated heterocycles. The summed E-state index contributed by atoms with van der Waals surface area (Å²) in [6.45, 7) is 7.60. The highest BCUT2D eigenvalue weighted by Crippen LogP contribution is 2.41. The number of thiophene rings is 1. The van der Waals surface area contributed by atoms with Crippen LogP contribution in [0.3, 0.4) is 0 Å². The number of carbonyl (C=O) groups is 1. The van der Waals surface area contributed by atoms with Gasteiger partial charge in [-0.15, -0.1) is 0 Å². The molecule has 5 heteroatoms. The van der Waals surface area contributed by atoms with Crippen LogP contribution in [-0.2, 0) is 17.8 Å². The number of amides is 1. The highest BCUT2D eigenvalue weighted by Gasteiger charge is 2.32. The lowest BCUT2D eigenvalue weighted by atomic mass is 10.0. The normalized spacial score (nSPS) is 14.7. The van der Waals surface area contributed by atoms with E-state index >= 15 is 0 Å². The first-order chi connectivity index (χ1) is 12.0. The first-order valence-electron chi connectivity index (χ1n) is 8.71. The number of ether oxygens (including phenoxy) is 2. The van der Waals surface area contributed by atoms with Gasteiger partial charge in [-0.1, -0.05) is 19.1 Å². The summed E-state index contributed by atoms with van der Waals surface area (Å²) in [5.74, 6) is 1.44. The Bertz CT molecular complexity index is 725. The van der Waals surface area contributed by atoms with Crippen LogP contribution in [0, 0.1) is 0 Å². The molecule has 1 aliphatic rings. The molecule has 0 aliphatic carbocycles. The SMILES string of the molecule is CCCN(Cc1ccsc1)C(=O)COc1cccc2c1OC(C)(C)C2. The fourth-order valence-corrected chi connectivity index (χ4v) is 3.76. The lowest BCUT2D eigenvalue weighted by molar-refractivity contribution is -0.134. The molecule has 0 unspecified atom stereocenters. The summed E-state index contributed by atoms with van der Waals surface area (Å²) >= 11 is 1.65. The van der Waals surface area contributed by atoms with Crippen LogP contribution in [0.4, 0.5) is 0 Å². The van der Waals surface area contributed by atoms with Crippen molar-refractivity contribution in [2.45, 2.75) is 45.8 Å². The molecule has 4 nitrogen and oxygen atoms in total. The van der Waals surface area contributed by atoms with Crippen molar-refractivity contribution in [3.8, 4) is 11.5 Å². The van der Waals surface area contributed by atoms with E-state index in [9.17, 15) is 4.79 Å². The molecule has 0 atom stereocenters. The summed E-state index contributed by atoms with van der Waals surface area (Å²) in [5.41, 5.74) is 2.08. The summed E-state index contributed by atoms with van der Waals surface area (Å²) in [7, 11) is 0. The summed E-state index contributed by atoms with van der Waals surface area (Å²) in [4.78, 5) is 14.5. The molecule has 1 aliphatic heterocycles. The van der Waals surface area contributed by atoms with Crippen LogP contribution < -0.4 is 9.47 Å². The minimum atomic E-state index is -0.223. The van der Waals surface area contributed by atoms with Gasteiger partial charge in [-0.3, -0.25) is 4.79 Å². The zero-order valence-corrected chi connectivity index (χ0v) is 15.9. The molecule has 3 rings (SSSR count). The predicted octanol–water partition coefficient (Wildman–Crippen LogP) is 4.28. The number of para-hydroxylation sites is 1. The average molecular weight is 359 g/mol. The van der Waals surface area contributed by atoms with Gasteiger partial charge in [0.2, 0.25) is 0 Å². The highest BCUT2D eigenvalue weighted by molar-refractivity contribution is 7.07. The Morgan fingerprint density at radius 3 is 2.92 bits per heavy atom. The van der Waals surface area contributed by atoms with E-state index in [-0.39, 0.29) is 18.1 Å². The van der Waals surface area contributed by atoms with Gasteiger partial charge in [0.05, 0.1) is 0 Å². The maximum atomic E-state index is 12.6. The summed E-state index contributed by atoms with van der Waals surface area (Å²) in [6, 6.07) is 7.94. The van der Waals surface area contributed by atoms with Crippen LogP contribution in [0.25, 0.3) is 0 Å². The second-order valence-corrected chi connectivity index (χ2v) is 7.80. The highest BCUT2D eigenvalue weighted by atomic mass is 32.1. The van der Waals surface area contributed by atoms with E-state index in [0.29, 0.717) is 12.3 Å². The van der Waals surface area contributed by atoms with Gasteiger partial charge < -0.3 is 14.4 Å². The van der Waals surface area contributed by atoms with E-state index in [4.69, 9.17) is 9.47 Å². The Morgan fingerprint density at radius 2 is 2.20 bits per heavy atom. The molecule has 1 aromatic carbocycles. The number of nitrogens with zero attached hydrogens (tertiary/aromatic N) is 1. The number of benzene rings is 1. The van der Waals surface area contributed by atoms with E-state index in [2.05, 4.69) is 38.3 Å². The van der Waals surface area contributed by atoms with Crippen molar-refractivity contribution >= 4 is 17.2 Å². The lowest BCUT2D eigenvalue weighted by Gasteiger charge is -2.22. The molecule has 2 heterocycles. The predicted molar refractivity (Wildman–Crippen MR) is 100 cm³/mol. The van der Waals surface area contributed by atoms with Crippen LogP contribution in [-0.4, -0.2) is 29.6 Å². The number of fused-ring (bicyclic) bond motifs is 1. The van der Waals surface area contributed by atoms with Gasteiger partial charge >= 0.3 is 0 Å². The minimum Gasteiger partial charge on any atom is -0.483 e. The van der Waals surface area contributed by atoms with Gasteiger partial charge in [-0.25, -0.2) is 0 Å². The van der Waals surface area contributed by atoms with Gasteiger partial charge in [-0.2, -0.15) is 11.3 Å². The first kappa shape index (κ1) is 17.8. The van der Waals surface area contributed by atoms with Crippen LogP contribution in [0.2, 0.25) is 0 Å². The smallest absolute Gasteiger partial charge is 0.260 e. The number of hydrogen-bond donors (Lipinski definition) is 0. The van der Waals surface area contributed by atoms with E-state index in [1.165, 1.54) is 0 Å². The zero-order chi connectivity index (χ0) is 17.9. The van der Waals surface area contributed by atoms with Crippen molar-refractivity contribution in [2.75, 3.05) is 13.2 Å². The third-order valence-electron chi connectivity index (χ3n) is 4.21. The summed E-state index contributed by atoms with van der Waals surface area (Å²) in [5, 5.41) is 4.11. The maximum absolute atomic E-state index is 12.6. The molecule has 1 amide bonds. The van der Waals surface area contributed by atoms with Gasteiger partial charge in [0.1, 0.15) is 5.60 Å². The molecule has 0 N–H and O–H groups in total. The molecule has 0 bridgehead atoms. The molecule has 0 spiro atoms. The number of carbonyl (C=O) groups excluding carboxylic acids is 1. The molecule has 134 valence electrons. The monoisotopic (exact) mass is 359 g/mol. The Kier molecular flexibility index (Phi) is 5.33. The molecular weight excluding hydrogens is 334 g/mol.